The van der Waals surface area contributed by atoms with Crippen LogP contribution in [0.5, 0.6) is 0 Å². The Hall–Kier alpha value is -0.570. The molecule has 0 bridgehead atoms. The highest BCUT2D eigenvalue weighted by molar-refractivity contribution is 5.72. The van der Waals surface area contributed by atoms with E-state index in [1.54, 1.807) is 7.11 Å². The van der Waals surface area contributed by atoms with Crippen LogP contribution >= 0.6 is 0 Å². The lowest BCUT2D eigenvalue weighted by molar-refractivity contribution is -0.146. The molecule has 2 fully saturated rings. The van der Waals surface area contributed by atoms with Gasteiger partial charge in [-0.25, -0.2) is 0 Å². The number of ether oxygens (including phenoxy) is 2. The number of hydrogen-bond acceptors (Lipinski definition) is 3. The molecule has 0 unspecified atom stereocenters. The Morgan fingerprint density at radius 3 is 2.52 bits per heavy atom. The lowest BCUT2D eigenvalue weighted by Crippen LogP contribution is -2.27. The molecule has 0 aromatic carbocycles. The normalized spacial score (nSPS) is 26.3. The third-order valence-corrected chi connectivity index (χ3v) is 6.39. The van der Waals surface area contributed by atoms with Gasteiger partial charge in [0.25, 0.3) is 0 Å². The van der Waals surface area contributed by atoms with Gasteiger partial charge in [-0.3, -0.25) is 4.79 Å². The van der Waals surface area contributed by atoms with Gasteiger partial charge in [-0.15, -0.1) is 0 Å². The molecule has 2 aliphatic rings. The average molecular weight is 353 g/mol. The molecule has 0 aromatic rings. The van der Waals surface area contributed by atoms with Crippen LogP contribution in [0.2, 0.25) is 0 Å². The van der Waals surface area contributed by atoms with Crippen molar-refractivity contribution in [1.82, 2.24) is 0 Å². The van der Waals surface area contributed by atoms with E-state index in [4.69, 9.17) is 9.47 Å². The predicted molar refractivity (Wildman–Crippen MR) is 103 cm³/mol. The lowest BCUT2D eigenvalue weighted by atomic mass is 9.78. The van der Waals surface area contributed by atoms with Gasteiger partial charge in [0, 0.05) is 6.61 Å². The van der Waals surface area contributed by atoms with Crippen LogP contribution in [-0.4, -0.2) is 25.8 Å². The lowest BCUT2D eigenvalue weighted by Gasteiger charge is -2.31. The Labute approximate surface area is 155 Å². The number of hydrogen-bond donors (Lipinski definition) is 0. The van der Waals surface area contributed by atoms with E-state index >= 15 is 0 Å². The Bertz CT molecular complexity index is 362. The molecule has 2 saturated carbocycles. The number of esters is 1. The van der Waals surface area contributed by atoms with Crippen LogP contribution in [0.15, 0.2) is 0 Å². The summed E-state index contributed by atoms with van der Waals surface area (Å²) in [4.78, 5) is 12.3. The summed E-state index contributed by atoms with van der Waals surface area (Å²) in [5, 5.41) is 0. The molecule has 2 rings (SSSR count). The topological polar surface area (TPSA) is 35.5 Å². The minimum Gasteiger partial charge on any atom is -0.469 e. The molecule has 0 N–H and O–H groups in total. The van der Waals surface area contributed by atoms with Gasteiger partial charge in [0.2, 0.25) is 0 Å². The first kappa shape index (κ1) is 20.7. The van der Waals surface area contributed by atoms with Crippen molar-refractivity contribution in [3.63, 3.8) is 0 Å². The molecular weight excluding hydrogens is 312 g/mol. The van der Waals surface area contributed by atoms with Crippen molar-refractivity contribution in [2.75, 3.05) is 13.7 Å². The SMILES string of the molecule is CCCCO[C@@H]1CCC[C@@H](C[C@H](CCC2CCCCC2)C(=O)OC)C1. The van der Waals surface area contributed by atoms with E-state index in [9.17, 15) is 4.79 Å². The summed E-state index contributed by atoms with van der Waals surface area (Å²) in [5.41, 5.74) is 0. The molecule has 0 spiro atoms. The van der Waals surface area contributed by atoms with Crippen LogP contribution in [0.4, 0.5) is 0 Å². The van der Waals surface area contributed by atoms with Crippen LogP contribution in [0.3, 0.4) is 0 Å². The maximum atomic E-state index is 12.3. The van der Waals surface area contributed by atoms with E-state index < -0.39 is 0 Å². The fraction of sp³-hybridized carbons (Fsp3) is 0.955. The Morgan fingerprint density at radius 1 is 1.04 bits per heavy atom. The maximum Gasteiger partial charge on any atom is 0.308 e. The number of carbonyl (C=O) groups excluding carboxylic acids is 1. The molecule has 0 heterocycles. The summed E-state index contributed by atoms with van der Waals surface area (Å²) >= 11 is 0. The van der Waals surface area contributed by atoms with E-state index in [2.05, 4.69) is 6.92 Å². The van der Waals surface area contributed by atoms with Crippen LogP contribution < -0.4 is 0 Å². The monoisotopic (exact) mass is 352 g/mol. The molecule has 146 valence electrons. The van der Waals surface area contributed by atoms with Gasteiger partial charge in [0.05, 0.1) is 19.1 Å². The molecule has 3 heteroatoms. The summed E-state index contributed by atoms with van der Waals surface area (Å²) in [6.07, 6.45) is 17.8. The fourth-order valence-electron chi connectivity index (χ4n) is 4.82. The van der Waals surface area contributed by atoms with Gasteiger partial charge in [-0.1, -0.05) is 58.3 Å². The third-order valence-electron chi connectivity index (χ3n) is 6.39. The molecule has 0 aliphatic heterocycles. The number of unbranched alkanes of at least 4 members (excludes halogenated alkanes) is 1. The second kappa shape index (κ2) is 11.9. The van der Waals surface area contributed by atoms with E-state index in [1.807, 2.05) is 0 Å². The highest BCUT2D eigenvalue weighted by Crippen LogP contribution is 2.35. The van der Waals surface area contributed by atoms with Gasteiger partial charge in [0.15, 0.2) is 0 Å². The van der Waals surface area contributed by atoms with Gasteiger partial charge in [-0.05, 0) is 50.4 Å². The third kappa shape index (κ3) is 7.68. The highest BCUT2D eigenvalue weighted by Gasteiger charge is 2.29. The number of rotatable bonds is 10. The first-order chi connectivity index (χ1) is 12.2. The fourth-order valence-corrected chi connectivity index (χ4v) is 4.82. The molecular formula is C22H40O3. The summed E-state index contributed by atoms with van der Waals surface area (Å²) in [5.74, 6) is 1.60. The van der Waals surface area contributed by atoms with Crippen molar-refractivity contribution in [2.45, 2.75) is 103 Å². The number of methoxy groups -OCH3 is 1. The first-order valence-corrected chi connectivity index (χ1v) is 10.9. The minimum absolute atomic E-state index is 0.0184. The zero-order valence-electron chi connectivity index (χ0n) is 16.6. The average Bonchev–Trinajstić information content (AvgIpc) is 2.66. The summed E-state index contributed by atoms with van der Waals surface area (Å²) in [7, 11) is 1.55. The van der Waals surface area contributed by atoms with Crippen molar-refractivity contribution in [3.8, 4) is 0 Å². The largest absolute Gasteiger partial charge is 0.469 e. The molecule has 0 radical (unpaired) electrons. The van der Waals surface area contributed by atoms with E-state index in [1.165, 1.54) is 64.2 Å². The molecule has 3 nitrogen and oxygen atoms in total. The van der Waals surface area contributed by atoms with E-state index in [-0.39, 0.29) is 11.9 Å². The van der Waals surface area contributed by atoms with Crippen molar-refractivity contribution >= 4 is 5.97 Å². The van der Waals surface area contributed by atoms with Crippen molar-refractivity contribution in [1.29, 1.82) is 0 Å². The van der Waals surface area contributed by atoms with Crippen molar-refractivity contribution in [3.05, 3.63) is 0 Å². The molecule has 0 amide bonds. The summed E-state index contributed by atoms with van der Waals surface area (Å²) in [6.45, 7) is 3.11. The number of carbonyl (C=O) groups is 1. The molecule has 0 saturated heterocycles. The molecule has 3 atom stereocenters. The first-order valence-electron chi connectivity index (χ1n) is 10.9. The van der Waals surface area contributed by atoms with Gasteiger partial charge in [-0.2, -0.15) is 0 Å². The van der Waals surface area contributed by atoms with E-state index in [0.29, 0.717) is 12.0 Å². The Balaban J connectivity index is 1.77. The second-order valence-electron chi connectivity index (χ2n) is 8.42. The predicted octanol–water partition coefficient (Wildman–Crippen LogP) is 5.90. The van der Waals surface area contributed by atoms with Gasteiger partial charge < -0.3 is 9.47 Å². The maximum absolute atomic E-state index is 12.3. The summed E-state index contributed by atoms with van der Waals surface area (Å²) < 4.78 is 11.2. The van der Waals surface area contributed by atoms with Gasteiger partial charge >= 0.3 is 5.97 Å². The quantitative estimate of drug-likeness (QED) is 0.362. The molecule has 25 heavy (non-hydrogen) atoms. The van der Waals surface area contributed by atoms with Crippen LogP contribution in [0.25, 0.3) is 0 Å². The zero-order valence-corrected chi connectivity index (χ0v) is 16.6. The smallest absolute Gasteiger partial charge is 0.308 e. The summed E-state index contributed by atoms with van der Waals surface area (Å²) in [6, 6.07) is 0. The van der Waals surface area contributed by atoms with Crippen molar-refractivity contribution < 1.29 is 14.3 Å². The minimum atomic E-state index is 0.0184. The highest BCUT2D eigenvalue weighted by atomic mass is 16.5. The molecule has 2 aliphatic carbocycles. The Kier molecular flexibility index (Phi) is 9.90. The van der Waals surface area contributed by atoms with E-state index in [0.717, 1.165) is 38.2 Å². The van der Waals surface area contributed by atoms with Gasteiger partial charge in [0.1, 0.15) is 0 Å². The van der Waals surface area contributed by atoms with Crippen LogP contribution in [0, 0.1) is 17.8 Å². The Morgan fingerprint density at radius 2 is 1.80 bits per heavy atom. The molecule has 0 aromatic heterocycles. The van der Waals surface area contributed by atoms with Crippen LogP contribution in [0.1, 0.15) is 96.8 Å². The second-order valence-corrected chi connectivity index (χ2v) is 8.42. The van der Waals surface area contributed by atoms with Crippen LogP contribution in [-0.2, 0) is 14.3 Å². The zero-order chi connectivity index (χ0) is 17.9. The van der Waals surface area contributed by atoms with Crippen molar-refractivity contribution in [2.24, 2.45) is 17.8 Å². The standard InChI is InChI=1S/C22H40O3/c1-3-4-15-25-21-12-8-11-19(17-21)16-20(22(23)24-2)14-13-18-9-6-5-7-10-18/h18-21H,3-17H2,1-2H3/t19-,20-,21+/m0/s1.